The van der Waals surface area contributed by atoms with E-state index >= 15 is 0 Å². The van der Waals surface area contributed by atoms with Gasteiger partial charge in [-0.1, -0.05) is 70.9 Å². The van der Waals surface area contributed by atoms with Crippen LogP contribution in [0.5, 0.6) is 0 Å². The summed E-state index contributed by atoms with van der Waals surface area (Å²) in [5.41, 5.74) is 0. The predicted octanol–water partition coefficient (Wildman–Crippen LogP) is 4.80. The summed E-state index contributed by atoms with van der Waals surface area (Å²) in [6.07, 6.45) is 15.6. The molecule has 0 N–H and O–H groups in total. The van der Waals surface area contributed by atoms with E-state index in [0.29, 0.717) is 0 Å². The average Bonchev–Trinajstić information content (AvgIpc) is 2.74. The Balaban J connectivity index is 1.88. The molecule has 3 heteroatoms. The summed E-state index contributed by atoms with van der Waals surface area (Å²) in [4.78, 5) is 22.1. The summed E-state index contributed by atoms with van der Waals surface area (Å²) in [6.45, 7) is 4.57. The number of hydrogen-bond donors (Lipinski definition) is 0. The standard InChI is InChI=1S/C18H30O3/c1-15(2)12-10-8-6-4-3-5-7-9-11-13-16-14-17(19)21-18(16)20/h11,13,15-16H,3-10,12,14H2,1-2H3. The number of allylic oxidation sites excluding steroid dienone is 1. The van der Waals surface area contributed by atoms with E-state index in [2.05, 4.69) is 18.6 Å². The van der Waals surface area contributed by atoms with E-state index in [0.717, 1.165) is 18.8 Å². The minimum absolute atomic E-state index is 0.214. The maximum absolute atomic E-state index is 11.2. The fourth-order valence-electron chi connectivity index (χ4n) is 2.60. The van der Waals surface area contributed by atoms with Gasteiger partial charge in [-0.05, 0) is 18.8 Å². The van der Waals surface area contributed by atoms with Gasteiger partial charge >= 0.3 is 11.9 Å². The van der Waals surface area contributed by atoms with Crippen molar-refractivity contribution < 1.29 is 14.3 Å². The van der Waals surface area contributed by atoms with Gasteiger partial charge in [0.1, 0.15) is 0 Å². The Hall–Kier alpha value is -1.12. The second-order valence-electron chi connectivity index (χ2n) is 6.48. The van der Waals surface area contributed by atoms with E-state index in [1.54, 1.807) is 0 Å². The van der Waals surface area contributed by atoms with Crippen LogP contribution in [0.4, 0.5) is 0 Å². The second kappa shape index (κ2) is 10.6. The Labute approximate surface area is 129 Å². The number of cyclic esters (lactones) is 2. The van der Waals surface area contributed by atoms with Crippen LogP contribution in [0.25, 0.3) is 0 Å². The van der Waals surface area contributed by atoms with Crippen LogP contribution in [0, 0.1) is 11.8 Å². The maximum atomic E-state index is 11.2. The Morgan fingerprint density at radius 3 is 2.24 bits per heavy atom. The molecular formula is C18H30O3. The van der Waals surface area contributed by atoms with E-state index in [1.165, 1.54) is 44.9 Å². The Bertz CT molecular complexity index is 344. The fraction of sp³-hybridized carbons (Fsp3) is 0.778. The van der Waals surface area contributed by atoms with Gasteiger partial charge in [-0.15, -0.1) is 0 Å². The van der Waals surface area contributed by atoms with Crippen molar-refractivity contribution in [3.8, 4) is 0 Å². The highest BCUT2D eigenvalue weighted by atomic mass is 16.6. The zero-order valence-corrected chi connectivity index (χ0v) is 13.6. The molecular weight excluding hydrogens is 264 g/mol. The third-order valence-corrected chi connectivity index (χ3v) is 3.92. The number of esters is 2. The molecule has 1 saturated heterocycles. The summed E-state index contributed by atoms with van der Waals surface area (Å²) >= 11 is 0. The Kier molecular flexibility index (Phi) is 9.04. The summed E-state index contributed by atoms with van der Waals surface area (Å²) in [5.74, 6) is -0.285. The summed E-state index contributed by atoms with van der Waals surface area (Å²) in [5, 5.41) is 0. The minimum atomic E-state index is -0.396. The van der Waals surface area contributed by atoms with Crippen molar-refractivity contribution in [3.05, 3.63) is 12.2 Å². The lowest BCUT2D eigenvalue weighted by molar-refractivity contribution is -0.152. The second-order valence-corrected chi connectivity index (χ2v) is 6.48. The molecule has 0 bridgehead atoms. The zero-order chi connectivity index (χ0) is 15.5. The van der Waals surface area contributed by atoms with Crippen molar-refractivity contribution in [1.29, 1.82) is 0 Å². The highest BCUT2D eigenvalue weighted by molar-refractivity contribution is 5.95. The molecule has 1 fully saturated rings. The molecule has 1 aliphatic heterocycles. The molecule has 1 heterocycles. The van der Waals surface area contributed by atoms with Crippen molar-refractivity contribution >= 4 is 11.9 Å². The van der Waals surface area contributed by atoms with E-state index in [-0.39, 0.29) is 12.3 Å². The lowest BCUT2D eigenvalue weighted by Gasteiger charge is -2.04. The van der Waals surface area contributed by atoms with Gasteiger partial charge in [0.2, 0.25) is 0 Å². The minimum Gasteiger partial charge on any atom is -0.393 e. The molecule has 1 rings (SSSR count). The molecule has 0 amide bonds. The fourth-order valence-corrected chi connectivity index (χ4v) is 2.60. The van der Waals surface area contributed by atoms with Crippen molar-refractivity contribution in [2.24, 2.45) is 11.8 Å². The number of rotatable bonds is 11. The zero-order valence-electron chi connectivity index (χ0n) is 13.6. The van der Waals surface area contributed by atoms with Crippen molar-refractivity contribution in [3.63, 3.8) is 0 Å². The van der Waals surface area contributed by atoms with Gasteiger partial charge in [0, 0.05) is 0 Å². The summed E-state index contributed by atoms with van der Waals surface area (Å²) < 4.78 is 4.50. The molecule has 1 unspecified atom stereocenters. The van der Waals surface area contributed by atoms with Gasteiger partial charge < -0.3 is 4.74 Å². The number of hydrogen-bond acceptors (Lipinski definition) is 3. The van der Waals surface area contributed by atoms with Crippen LogP contribution in [0.1, 0.15) is 78.1 Å². The summed E-state index contributed by atoms with van der Waals surface area (Å²) in [7, 11) is 0. The van der Waals surface area contributed by atoms with Gasteiger partial charge in [0.05, 0.1) is 12.3 Å². The molecule has 0 aliphatic carbocycles. The van der Waals surface area contributed by atoms with Crippen LogP contribution in [0.2, 0.25) is 0 Å². The maximum Gasteiger partial charge on any atom is 0.321 e. The monoisotopic (exact) mass is 294 g/mol. The van der Waals surface area contributed by atoms with Crippen molar-refractivity contribution in [2.75, 3.05) is 0 Å². The molecule has 1 aliphatic rings. The average molecular weight is 294 g/mol. The molecule has 1 atom stereocenters. The highest BCUT2D eigenvalue weighted by Crippen LogP contribution is 2.18. The van der Waals surface area contributed by atoms with Crippen LogP contribution in [0.15, 0.2) is 12.2 Å². The summed E-state index contributed by atoms with van der Waals surface area (Å²) in [6, 6.07) is 0. The Morgan fingerprint density at radius 2 is 1.67 bits per heavy atom. The highest BCUT2D eigenvalue weighted by Gasteiger charge is 2.30. The van der Waals surface area contributed by atoms with E-state index in [4.69, 9.17) is 0 Å². The third kappa shape index (κ3) is 8.69. The normalized spacial score (nSPS) is 18.9. The number of ether oxygens (including phenoxy) is 1. The van der Waals surface area contributed by atoms with E-state index in [9.17, 15) is 9.59 Å². The Morgan fingerprint density at radius 1 is 1.05 bits per heavy atom. The first-order chi connectivity index (χ1) is 10.1. The molecule has 120 valence electrons. The molecule has 0 radical (unpaired) electrons. The first kappa shape index (κ1) is 17.9. The van der Waals surface area contributed by atoms with Crippen LogP contribution in [-0.2, 0) is 14.3 Å². The molecule has 0 aromatic heterocycles. The molecule has 21 heavy (non-hydrogen) atoms. The van der Waals surface area contributed by atoms with Crippen LogP contribution in [-0.4, -0.2) is 11.9 Å². The van der Waals surface area contributed by atoms with Crippen LogP contribution < -0.4 is 0 Å². The van der Waals surface area contributed by atoms with Crippen molar-refractivity contribution in [2.45, 2.75) is 78.1 Å². The molecule has 3 nitrogen and oxygen atoms in total. The van der Waals surface area contributed by atoms with Gasteiger partial charge in [0.25, 0.3) is 0 Å². The number of carbonyl (C=O) groups excluding carboxylic acids is 2. The van der Waals surface area contributed by atoms with Crippen molar-refractivity contribution in [1.82, 2.24) is 0 Å². The first-order valence-electron chi connectivity index (χ1n) is 8.50. The van der Waals surface area contributed by atoms with Crippen LogP contribution in [0.3, 0.4) is 0 Å². The molecule has 0 spiro atoms. The van der Waals surface area contributed by atoms with E-state index < -0.39 is 11.9 Å². The lowest BCUT2D eigenvalue weighted by Crippen LogP contribution is -2.03. The van der Waals surface area contributed by atoms with Crippen LogP contribution >= 0.6 is 0 Å². The van der Waals surface area contributed by atoms with Gasteiger partial charge in [0.15, 0.2) is 0 Å². The quantitative estimate of drug-likeness (QED) is 0.238. The topological polar surface area (TPSA) is 43.4 Å². The van der Waals surface area contributed by atoms with Gasteiger partial charge in [-0.3, -0.25) is 9.59 Å². The smallest absolute Gasteiger partial charge is 0.321 e. The molecule has 0 aromatic rings. The largest absolute Gasteiger partial charge is 0.393 e. The number of carbonyl (C=O) groups is 2. The molecule has 0 saturated carbocycles. The van der Waals surface area contributed by atoms with Gasteiger partial charge in [-0.25, -0.2) is 0 Å². The molecule has 0 aromatic carbocycles. The first-order valence-corrected chi connectivity index (χ1v) is 8.50. The lowest BCUT2D eigenvalue weighted by atomic mass is 10.0. The number of unbranched alkanes of at least 4 members (excludes halogenated alkanes) is 7. The third-order valence-electron chi connectivity index (χ3n) is 3.92. The predicted molar refractivity (Wildman–Crippen MR) is 84.7 cm³/mol. The SMILES string of the molecule is CC(C)CCCCCCCCCC=CC1CC(=O)OC1=O. The van der Waals surface area contributed by atoms with E-state index in [1.807, 2.05) is 12.2 Å². The van der Waals surface area contributed by atoms with Gasteiger partial charge in [-0.2, -0.15) is 0 Å².